The van der Waals surface area contributed by atoms with Gasteiger partial charge in [0.15, 0.2) is 0 Å². The zero-order valence-electron chi connectivity index (χ0n) is 11.9. The molecule has 3 aromatic rings. The number of carbonyl (C=O) groups is 1. The summed E-state index contributed by atoms with van der Waals surface area (Å²) in [6.45, 7) is 0. The van der Waals surface area contributed by atoms with Crippen LogP contribution < -0.4 is 10.2 Å². The van der Waals surface area contributed by atoms with Crippen molar-refractivity contribution in [3.05, 3.63) is 64.4 Å². The van der Waals surface area contributed by atoms with Gasteiger partial charge in [-0.15, -0.1) is 11.3 Å². The second-order valence-corrected chi connectivity index (χ2v) is 5.53. The fourth-order valence-corrected chi connectivity index (χ4v) is 2.82. The van der Waals surface area contributed by atoms with Gasteiger partial charge >= 0.3 is 0 Å². The molecule has 0 unspecified atom stereocenters. The van der Waals surface area contributed by atoms with Gasteiger partial charge in [0.2, 0.25) is 0 Å². The first kappa shape index (κ1) is 14.3. The van der Waals surface area contributed by atoms with Crippen molar-refractivity contribution in [2.75, 3.05) is 7.11 Å². The van der Waals surface area contributed by atoms with Crippen LogP contribution in [0.4, 0.5) is 0 Å². The Hall–Kier alpha value is -2.66. The Bertz CT molecular complexity index is 826. The van der Waals surface area contributed by atoms with Crippen LogP contribution >= 0.6 is 11.3 Å². The maximum Gasteiger partial charge on any atom is 0.281 e. The van der Waals surface area contributed by atoms with E-state index < -0.39 is 0 Å². The van der Waals surface area contributed by atoms with E-state index in [1.807, 2.05) is 47.8 Å². The minimum atomic E-state index is -0.205. The standard InChI is InChI=1S/C17H14N2O2S/c1-21-15-9-8-12(13-5-2-3-6-14(13)15)11-18-19-17(20)16-7-4-10-22-16/h2-11H,1H3,(H,19,20). The normalized spacial score (nSPS) is 11.0. The second-order valence-electron chi connectivity index (χ2n) is 4.58. The third-order valence-electron chi connectivity index (χ3n) is 3.25. The molecule has 1 aromatic heterocycles. The summed E-state index contributed by atoms with van der Waals surface area (Å²) >= 11 is 1.38. The molecule has 3 rings (SSSR count). The Morgan fingerprint density at radius 2 is 1.95 bits per heavy atom. The van der Waals surface area contributed by atoms with Crippen molar-refractivity contribution in [2.24, 2.45) is 5.10 Å². The number of benzene rings is 2. The van der Waals surface area contributed by atoms with Crippen molar-refractivity contribution in [3.63, 3.8) is 0 Å². The number of methoxy groups -OCH3 is 1. The van der Waals surface area contributed by atoms with Crippen LogP contribution in [0.2, 0.25) is 0 Å². The predicted octanol–water partition coefficient (Wildman–Crippen LogP) is 3.67. The third kappa shape index (κ3) is 2.84. The van der Waals surface area contributed by atoms with Crippen molar-refractivity contribution in [3.8, 4) is 5.75 Å². The summed E-state index contributed by atoms with van der Waals surface area (Å²) in [5.41, 5.74) is 3.46. The van der Waals surface area contributed by atoms with Crippen LogP contribution in [-0.2, 0) is 0 Å². The average molecular weight is 310 g/mol. The number of hydrazone groups is 1. The number of hydrogen-bond donors (Lipinski definition) is 1. The number of carbonyl (C=O) groups excluding carboxylic acids is 1. The van der Waals surface area contributed by atoms with E-state index in [1.165, 1.54) is 11.3 Å². The first-order valence-corrected chi connectivity index (χ1v) is 7.60. The van der Waals surface area contributed by atoms with E-state index in [2.05, 4.69) is 10.5 Å². The molecule has 0 bridgehead atoms. The summed E-state index contributed by atoms with van der Waals surface area (Å²) in [6, 6.07) is 15.3. The van der Waals surface area contributed by atoms with Crippen LogP contribution in [0.1, 0.15) is 15.2 Å². The average Bonchev–Trinajstić information content (AvgIpc) is 3.09. The molecule has 1 heterocycles. The maximum absolute atomic E-state index is 11.8. The minimum Gasteiger partial charge on any atom is -0.496 e. The monoisotopic (exact) mass is 310 g/mol. The summed E-state index contributed by atoms with van der Waals surface area (Å²) < 4.78 is 5.36. The van der Waals surface area contributed by atoms with Crippen molar-refractivity contribution in [2.45, 2.75) is 0 Å². The Balaban J connectivity index is 1.85. The van der Waals surface area contributed by atoms with Crippen molar-refractivity contribution in [1.82, 2.24) is 5.43 Å². The number of thiophene rings is 1. The molecule has 0 saturated heterocycles. The van der Waals surface area contributed by atoms with E-state index in [1.54, 1.807) is 19.4 Å². The molecular weight excluding hydrogens is 296 g/mol. The van der Waals surface area contributed by atoms with E-state index in [4.69, 9.17) is 4.74 Å². The lowest BCUT2D eigenvalue weighted by Crippen LogP contribution is -2.16. The first-order valence-electron chi connectivity index (χ1n) is 6.72. The van der Waals surface area contributed by atoms with E-state index in [0.29, 0.717) is 4.88 Å². The fourth-order valence-electron chi connectivity index (χ4n) is 2.21. The molecule has 5 heteroatoms. The van der Waals surface area contributed by atoms with Gasteiger partial charge in [-0.05, 0) is 29.0 Å². The highest BCUT2D eigenvalue weighted by molar-refractivity contribution is 7.12. The molecule has 0 aliphatic heterocycles. The molecule has 1 amide bonds. The number of amides is 1. The number of rotatable bonds is 4. The van der Waals surface area contributed by atoms with Gasteiger partial charge in [0.1, 0.15) is 5.75 Å². The SMILES string of the molecule is COc1ccc(C=NNC(=O)c2cccs2)c2ccccc12. The highest BCUT2D eigenvalue weighted by Crippen LogP contribution is 2.27. The van der Waals surface area contributed by atoms with Crippen LogP contribution in [0, 0.1) is 0 Å². The quantitative estimate of drug-likeness (QED) is 0.590. The maximum atomic E-state index is 11.8. The molecular formula is C17H14N2O2S. The van der Waals surface area contributed by atoms with Crippen LogP contribution in [0.5, 0.6) is 5.75 Å². The number of nitrogens with zero attached hydrogens (tertiary/aromatic N) is 1. The molecule has 0 aliphatic carbocycles. The molecule has 0 saturated carbocycles. The molecule has 0 spiro atoms. The van der Waals surface area contributed by atoms with Gasteiger partial charge in [0, 0.05) is 10.9 Å². The lowest BCUT2D eigenvalue weighted by molar-refractivity contribution is 0.0959. The molecule has 110 valence electrons. The second kappa shape index (κ2) is 6.41. The lowest BCUT2D eigenvalue weighted by Gasteiger charge is -2.07. The molecule has 0 radical (unpaired) electrons. The van der Waals surface area contributed by atoms with E-state index >= 15 is 0 Å². The topological polar surface area (TPSA) is 50.7 Å². The lowest BCUT2D eigenvalue weighted by atomic mass is 10.0. The number of fused-ring (bicyclic) bond motifs is 1. The van der Waals surface area contributed by atoms with Crippen LogP contribution in [-0.4, -0.2) is 19.2 Å². The summed E-state index contributed by atoms with van der Waals surface area (Å²) in [6.07, 6.45) is 1.65. The van der Waals surface area contributed by atoms with Crippen LogP contribution in [0.15, 0.2) is 59.0 Å². The zero-order chi connectivity index (χ0) is 15.4. The largest absolute Gasteiger partial charge is 0.496 e. The Morgan fingerprint density at radius 3 is 2.68 bits per heavy atom. The van der Waals surface area contributed by atoms with E-state index in [-0.39, 0.29) is 5.91 Å². The van der Waals surface area contributed by atoms with Crippen molar-refractivity contribution < 1.29 is 9.53 Å². The summed E-state index contributed by atoms with van der Waals surface area (Å²) in [5.74, 6) is 0.611. The van der Waals surface area contributed by atoms with Crippen molar-refractivity contribution >= 4 is 34.2 Å². The van der Waals surface area contributed by atoms with Crippen LogP contribution in [0.3, 0.4) is 0 Å². The molecule has 2 aromatic carbocycles. The Labute approximate surface area is 132 Å². The van der Waals surface area contributed by atoms with Crippen LogP contribution in [0.25, 0.3) is 10.8 Å². The van der Waals surface area contributed by atoms with Gasteiger partial charge < -0.3 is 4.74 Å². The molecule has 0 aliphatic rings. The van der Waals surface area contributed by atoms with E-state index in [0.717, 1.165) is 22.1 Å². The summed E-state index contributed by atoms with van der Waals surface area (Å²) in [7, 11) is 1.65. The predicted molar refractivity (Wildman–Crippen MR) is 89.9 cm³/mol. The molecule has 22 heavy (non-hydrogen) atoms. The Kier molecular flexibility index (Phi) is 4.16. The highest BCUT2D eigenvalue weighted by atomic mass is 32.1. The molecule has 4 nitrogen and oxygen atoms in total. The van der Waals surface area contributed by atoms with Gasteiger partial charge in [-0.2, -0.15) is 5.10 Å². The molecule has 0 fully saturated rings. The third-order valence-corrected chi connectivity index (χ3v) is 4.12. The van der Waals surface area contributed by atoms with Gasteiger partial charge in [-0.1, -0.05) is 30.3 Å². The minimum absolute atomic E-state index is 0.205. The van der Waals surface area contributed by atoms with Gasteiger partial charge in [-0.25, -0.2) is 5.43 Å². The van der Waals surface area contributed by atoms with E-state index in [9.17, 15) is 4.79 Å². The zero-order valence-corrected chi connectivity index (χ0v) is 12.8. The van der Waals surface area contributed by atoms with Gasteiger partial charge in [0.05, 0.1) is 18.2 Å². The summed E-state index contributed by atoms with van der Waals surface area (Å²) in [4.78, 5) is 12.5. The Morgan fingerprint density at radius 1 is 1.14 bits per heavy atom. The smallest absolute Gasteiger partial charge is 0.281 e. The number of nitrogens with one attached hydrogen (secondary N) is 1. The van der Waals surface area contributed by atoms with Crippen molar-refractivity contribution in [1.29, 1.82) is 0 Å². The van der Waals surface area contributed by atoms with Gasteiger partial charge in [0.25, 0.3) is 5.91 Å². The molecule has 1 N–H and O–H groups in total. The first-order chi connectivity index (χ1) is 10.8. The summed E-state index contributed by atoms with van der Waals surface area (Å²) in [5, 5.41) is 7.94. The fraction of sp³-hybridized carbons (Fsp3) is 0.0588. The molecule has 0 atom stereocenters. The highest BCUT2D eigenvalue weighted by Gasteiger charge is 2.06. The van der Waals surface area contributed by atoms with Gasteiger partial charge in [-0.3, -0.25) is 4.79 Å². The number of ether oxygens (including phenoxy) is 1. The number of hydrogen-bond acceptors (Lipinski definition) is 4.